The third kappa shape index (κ3) is 3.48. The summed E-state index contributed by atoms with van der Waals surface area (Å²) >= 11 is 0. The number of nitrogens with zero attached hydrogens (tertiary/aromatic N) is 1. The predicted octanol–water partition coefficient (Wildman–Crippen LogP) is 3.49. The van der Waals surface area contributed by atoms with Gasteiger partial charge >= 0.3 is 5.97 Å². The number of hydrogen-bond acceptors (Lipinski definition) is 4. The van der Waals surface area contributed by atoms with E-state index in [1.54, 1.807) is 31.2 Å². The van der Waals surface area contributed by atoms with Gasteiger partial charge in [-0.1, -0.05) is 12.1 Å². The molecule has 0 amide bonds. The molecule has 6 heteroatoms. The van der Waals surface area contributed by atoms with Crippen LogP contribution in [-0.2, 0) is 11.3 Å². The van der Waals surface area contributed by atoms with E-state index in [2.05, 4.69) is 15.3 Å². The number of esters is 1. The molecular weight excluding hydrogens is 297 g/mol. The zero-order chi connectivity index (χ0) is 16.2. The summed E-state index contributed by atoms with van der Waals surface area (Å²) in [5.74, 6) is -0.0727. The number of aromatic nitrogens is 2. The highest BCUT2D eigenvalue weighted by molar-refractivity contribution is 5.94. The van der Waals surface area contributed by atoms with Crippen LogP contribution in [0.15, 0.2) is 42.5 Å². The van der Waals surface area contributed by atoms with E-state index in [4.69, 9.17) is 4.74 Å². The quantitative estimate of drug-likeness (QED) is 0.708. The minimum Gasteiger partial charge on any atom is -0.462 e. The van der Waals surface area contributed by atoms with Crippen molar-refractivity contribution in [1.82, 2.24) is 9.97 Å². The van der Waals surface area contributed by atoms with E-state index in [-0.39, 0.29) is 11.8 Å². The van der Waals surface area contributed by atoms with Gasteiger partial charge in [-0.3, -0.25) is 0 Å². The lowest BCUT2D eigenvalue weighted by molar-refractivity contribution is 0.0526. The minimum atomic E-state index is -0.363. The molecular formula is C17H16FN3O2. The van der Waals surface area contributed by atoms with Gasteiger partial charge in [-0.2, -0.15) is 0 Å². The number of carbonyl (C=O) groups excluding carboxylic acids is 1. The summed E-state index contributed by atoms with van der Waals surface area (Å²) in [6.45, 7) is 2.55. The molecule has 5 nitrogen and oxygen atoms in total. The summed E-state index contributed by atoms with van der Waals surface area (Å²) in [5, 5.41) is 3.10. The number of anilines is 1. The highest BCUT2D eigenvalue weighted by atomic mass is 19.1. The van der Waals surface area contributed by atoms with Crippen LogP contribution in [0.1, 0.15) is 22.8 Å². The molecule has 3 aromatic rings. The number of fused-ring (bicyclic) bond motifs is 1. The number of rotatable bonds is 5. The highest BCUT2D eigenvalue weighted by Crippen LogP contribution is 2.17. The van der Waals surface area contributed by atoms with Crippen LogP contribution >= 0.6 is 0 Å². The average Bonchev–Trinajstić information content (AvgIpc) is 2.95. The van der Waals surface area contributed by atoms with Crippen molar-refractivity contribution in [3.8, 4) is 0 Å². The summed E-state index contributed by atoms with van der Waals surface area (Å²) in [4.78, 5) is 19.2. The largest absolute Gasteiger partial charge is 0.462 e. The van der Waals surface area contributed by atoms with E-state index in [0.717, 1.165) is 16.6 Å². The molecule has 0 aliphatic rings. The van der Waals surface area contributed by atoms with Gasteiger partial charge in [0.15, 0.2) is 0 Å². The molecule has 0 atom stereocenters. The molecule has 23 heavy (non-hydrogen) atoms. The Kier molecular flexibility index (Phi) is 4.23. The van der Waals surface area contributed by atoms with E-state index < -0.39 is 0 Å². The molecule has 0 unspecified atom stereocenters. The minimum absolute atomic E-state index is 0.270. The average molecular weight is 313 g/mol. The lowest BCUT2D eigenvalue weighted by Crippen LogP contribution is -2.04. The second-order valence-electron chi connectivity index (χ2n) is 5.02. The van der Waals surface area contributed by atoms with Gasteiger partial charge in [0.2, 0.25) is 5.95 Å². The van der Waals surface area contributed by atoms with E-state index >= 15 is 0 Å². The lowest BCUT2D eigenvalue weighted by Gasteiger charge is -2.02. The summed E-state index contributed by atoms with van der Waals surface area (Å²) in [5.41, 5.74) is 2.76. The number of hydrogen-bond donors (Lipinski definition) is 2. The van der Waals surface area contributed by atoms with Crippen LogP contribution < -0.4 is 5.32 Å². The monoisotopic (exact) mass is 313 g/mol. The fourth-order valence-corrected chi connectivity index (χ4v) is 2.27. The van der Waals surface area contributed by atoms with Crippen LogP contribution in [0.3, 0.4) is 0 Å². The first-order chi connectivity index (χ1) is 11.2. The topological polar surface area (TPSA) is 67.0 Å². The molecule has 0 saturated carbocycles. The van der Waals surface area contributed by atoms with Crippen molar-refractivity contribution >= 4 is 23.0 Å². The molecule has 1 heterocycles. The van der Waals surface area contributed by atoms with Crippen LogP contribution in [-0.4, -0.2) is 22.5 Å². The molecule has 0 fully saturated rings. The zero-order valence-electron chi connectivity index (χ0n) is 12.6. The van der Waals surface area contributed by atoms with Crippen molar-refractivity contribution in [2.24, 2.45) is 0 Å². The van der Waals surface area contributed by atoms with Crippen molar-refractivity contribution in [1.29, 1.82) is 0 Å². The number of imidazole rings is 1. The highest BCUT2D eigenvalue weighted by Gasteiger charge is 2.09. The summed E-state index contributed by atoms with van der Waals surface area (Å²) in [7, 11) is 0. The predicted molar refractivity (Wildman–Crippen MR) is 85.8 cm³/mol. The van der Waals surface area contributed by atoms with Crippen LogP contribution in [0.5, 0.6) is 0 Å². The van der Waals surface area contributed by atoms with Crippen molar-refractivity contribution in [2.75, 3.05) is 11.9 Å². The Morgan fingerprint density at radius 3 is 2.96 bits per heavy atom. The molecule has 0 aliphatic carbocycles. The summed E-state index contributed by atoms with van der Waals surface area (Å²) in [6.07, 6.45) is 0. The van der Waals surface area contributed by atoms with Crippen molar-refractivity contribution in [3.05, 3.63) is 59.4 Å². The maximum absolute atomic E-state index is 13.1. The summed E-state index contributed by atoms with van der Waals surface area (Å²) in [6, 6.07) is 11.5. The smallest absolute Gasteiger partial charge is 0.338 e. The Balaban J connectivity index is 1.76. The van der Waals surface area contributed by atoms with E-state index in [1.807, 2.05) is 6.07 Å². The first-order valence-electron chi connectivity index (χ1n) is 7.31. The number of aromatic amines is 1. The zero-order valence-corrected chi connectivity index (χ0v) is 12.6. The third-order valence-corrected chi connectivity index (χ3v) is 3.34. The molecule has 3 rings (SSSR count). The van der Waals surface area contributed by atoms with Gasteiger partial charge in [0.05, 0.1) is 23.2 Å². The van der Waals surface area contributed by atoms with Crippen molar-refractivity contribution < 1.29 is 13.9 Å². The maximum Gasteiger partial charge on any atom is 0.338 e. The van der Waals surface area contributed by atoms with Gasteiger partial charge in [0, 0.05) is 6.54 Å². The normalized spacial score (nSPS) is 10.7. The number of carbonyl (C=O) groups is 1. The molecule has 2 aromatic carbocycles. The number of ether oxygens (including phenoxy) is 1. The van der Waals surface area contributed by atoms with Gasteiger partial charge < -0.3 is 15.0 Å². The van der Waals surface area contributed by atoms with Crippen molar-refractivity contribution in [3.63, 3.8) is 0 Å². The molecule has 0 radical (unpaired) electrons. The Labute approximate surface area is 132 Å². The van der Waals surface area contributed by atoms with E-state index in [9.17, 15) is 9.18 Å². The number of halogens is 1. The van der Waals surface area contributed by atoms with Gasteiger partial charge in [-0.25, -0.2) is 14.2 Å². The Hall–Kier alpha value is -2.89. The van der Waals surface area contributed by atoms with Gasteiger partial charge in [0.25, 0.3) is 0 Å². The fraction of sp³-hybridized carbons (Fsp3) is 0.176. The van der Waals surface area contributed by atoms with E-state index in [1.165, 1.54) is 12.1 Å². The molecule has 118 valence electrons. The molecule has 1 aromatic heterocycles. The molecule has 0 aliphatic heterocycles. The van der Waals surface area contributed by atoms with Crippen LogP contribution in [0, 0.1) is 5.82 Å². The Bertz CT molecular complexity index is 845. The van der Waals surface area contributed by atoms with Gasteiger partial charge in [0.1, 0.15) is 5.82 Å². The second-order valence-corrected chi connectivity index (χ2v) is 5.02. The van der Waals surface area contributed by atoms with Gasteiger partial charge in [-0.15, -0.1) is 0 Å². The van der Waals surface area contributed by atoms with E-state index in [0.29, 0.717) is 24.7 Å². The SMILES string of the molecule is CCOC(=O)c1ccc2nc(NCc3cccc(F)c3)[nH]c2c1. The van der Waals surface area contributed by atoms with Crippen LogP contribution in [0.25, 0.3) is 11.0 Å². The molecule has 2 N–H and O–H groups in total. The molecule has 0 spiro atoms. The van der Waals surface area contributed by atoms with Gasteiger partial charge in [-0.05, 0) is 42.8 Å². The first-order valence-corrected chi connectivity index (χ1v) is 7.31. The third-order valence-electron chi connectivity index (χ3n) is 3.34. The number of nitrogens with one attached hydrogen (secondary N) is 2. The molecule has 0 saturated heterocycles. The Morgan fingerprint density at radius 2 is 2.17 bits per heavy atom. The lowest BCUT2D eigenvalue weighted by atomic mass is 10.2. The standard InChI is InChI=1S/C17H16FN3O2/c1-2-23-16(22)12-6-7-14-15(9-12)21-17(20-14)19-10-11-4-3-5-13(18)8-11/h3-9H,2,10H2,1H3,(H2,19,20,21). The summed E-state index contributed by atoms with van der Waals surface area (Å²) < 4.78 is 18.1. The van der Waals surface area contributed by atoms with Crippen LogP contribution in [0.4, 0.5) is 10.3 Å². The Morgan fingerprint density at radius 1 is 1.30 bits per heavy atom. The fourth-order valence-electron chi connectivity index (χ4n) is 2.27. The molecule has 0 bridgehead atoms. The first kappa shape index (κ1) is 15.0. The van der Waals surface area contributed by atoms with Crippen molar-refractivity contribution in [2.45, 2.75) is 13.5 Å². The second kappa shape index (κ2) is 6.48. The number of benzene rings is 2. The maximum atomic E-state index is 13.1. The van der Waals surface area contributed by atoms with Crippen LogP contribution in [0.2, 0.25) is 0 Å². The number of H-pyrrole nitrogens is 1.